The summed E-state index contributed by atoms with van der Waals surface area (Å²) in [4.78, 5) is 13.0. The van der Waals surface area contributed by atoms with Crippen LogP contribution in [0.5, 0.6) is 0 Å². The third kappa shape index (κ3) is 4.92. The zero-order valence-corrected chi connectivity index (χ0v) is 11.3. The van der Waals surface area contributed by atoms with E-state index in [1.54, 1.807) is 0 Å². The second-order valence-corrected chi connectivity index (χ2v) is 5.22. The van der Waals surface area contributed by atoms with Gasteiger partial charge < -0.3 is 14.9 Å². The van der Waals surface area contributed by atoms with Crippen LogP contribution in [0.3, 0.4) is 0 Å². The summed E-state index contributed by atoms with van der Waals surface area (Å²) in [5.74, 6) is -0.896. The van der Waals surface area contributed by atoms with Crippen molar-refractivity contribution >= 4 is 5.97 Å². The zero-order valence-electron chi connectivity index (χ0n) is 11.3. The van der Waals surface area contributed by atoms with E-state index in [4.69, 9.17) is 9.84 Å². The van der Waals surface area contributed by atoms with Gasteiger partial charge in [0, 0.05) is 26.2 Å². The van der Waals surface area contributed by atoms with Gasteiger partial charge in [0.05, 0.1) is 18.6 Å². The quantitative estimate of drug-likeness (QED) is 0.631. The topological polar surface area (TPSA) is 70.0 Å². The number of unbranched alkanes of at least 4 members (excludes halogenated alkanes) is 1. The molecule has 0 saturated carbocycles. The Morgan fingerprint density at radius 1 is 1.50 bits per heavy atom. The Labute approximate surface area is 109 Å². The summed E-state index contributed by atoms with van der Waals surface area (Å²) in [6.45, 7) is 6.83. The average Bonchev–Trinajstić information content (AvgIpc) is 2.66. The first-order valence-electron chi connectivity index (χ1n) is 6.75. The highest BCUT2D eigenvalue weighted by Gasteiger charge is 2.35. The highest BCUT2D eigenvalue weighted by Crippen LogP contribution is 2.23. The number of hydrogen-bond acceptors (Lipinski definition) is 4. The summed E-state index contributed by atoms with van der Waals surface area (Å²) in [7, 11) is 0. The summed E-state index contributed by atoms with van der Waals surface area (Å²) in [6.07, 6.45) is 1.57. The van der Waals surface area contributed by atoms with Gasteiger partial charge in [-0.05, 0) is 12.3 Å². The number of carbonyl (C=O) groups is 1. The maximum Gasteiger partial charge on any atom is 0.308 e. The van der Waals surface area contributed by atoms with Crippen LogP contribution >= 0.6 is 0 Å². The summed E-state index contributed by atoms with van der Waals surface area (Å²) in [5, 5.41) is 18.8. The molecule has 0 spiro atoms. The van der Waals surface area contributed by atoms with E-state index in [0.29, 0.717) is 26.3 Å². The predicted molar refractivity (Wildman–Crippen MR) is 68.5 cm³/mol. The third-order valence-corrected chi connectivity index (χ3v) is 3.43. The Balaban J connectivity index is 2.21. The van der Waals surface area contributed by atoms with Crippen LogP contribution in [0.15, 0.2) is 0 Å². The lowest BCUT2D eigenvalue weighted by Gasteiger charge is -2.19. The van der Waals surface area contributed by atoms with Gasteiger partial charge in [0.25, 0.3) is 0 Å². The van der Waals surface area contributed by atoms with Gasteiger partial charge in [-0.25, -0.2) is 0 Å². The average molecular weight is 259 g/mol. The monoisotopic (exact) mass is 259 g/mol. The van der Waals surface area contributed by atoms with E-state index in [9.17, 15) is 9.90 Å². The summed E-state index contributed by atoms with van der Waals surface area (Å²) < 4.78 is 5.35. The van der Waals surface area contributed by atoms with Crippen LogP contribution in [-0.4, -0.2) is 60.0 Å². The van der Waals surface area contributed by atoms with E-state index in [0.717, 1.165) is 19.4 Å². The number of rotatable bonds is 8. The summed E-state index contributed by atoms with van der Waals surface area (Å²) in [6, 6.07) is 0. The largest absolute Gasteiger partial charge is 0.481 e. The minimum Gasteiger partial charge on any atom is -0.481 e. The van der Waals surface area contributed by atoms with Gasteiger partial charge in [0.15, 0.2) is 0 Å². The molecule has 0 bridgehead atoms. The molecule has 0 radical (unpaired) electrons. The van der Waals surface area contributed by atoms with Gasteiger partial charge in [-0.3, -0.25) is 9.69 Å². The van der Waals surface area contributed by atoms with E-state index in [1.165, 1.54) is 0 Å². The lowest BCUT2D eigenvalue weighted by molar-refractivity contribution is -0.142. The van der Waals surface area contributed by atoms with Gasteiger partial charge in [-0.2, -0.15) is 0 Å². The molecule has 18 heavy (non-hydrogen) atoms. The lowest BCUT2D eigenvalue weighted by atomic mass is 9.99. The molecule has 1 fully saturated rings. The SMILES string of the molecule is CCCCOCC(O)CN1C[C@@H](C)[C@H](C(=O)O)C1. The fraction of sp³-hybridized carbons (Fsp3) is 0.923. The molecule has 0 aliphatic carbocycles. The first-order chi connectivity index (χ1) is 8.54. The highest BCUT2D eigenvalue weighted by molar-refractivity contribution is 5.71. The second kappa shape index (κ2) is 7.71. The molecule has 5 nitrogen and oxygen atoms in total. The van der Waals surface area contributed by atoms with Crippen LogP contribution < -0.4 is 0 Å². The molecule has 0 aromatic carbocycles. The molecule has 5 heteroatoms. The smallest absolute Gasteiger partial charge is 0.308 e. The summed E-state index contributed by atoms with van der Waals surface area (Å²) >= 11 is 0. The van der Waals surface area contributed by atoms with Gasteiger partial charge in [0.2, 0.25) is 0 Å². The highest BCUT2D eigenvalue weighted by atomic mass is 16.5. The number of nitrogens with zero attached hydrogens (tertiary/aromatic N) is 1. The van der Waals surface area contributed by atoms with Crippen molar-refractivity contribution < 1.29 is 19.7 Å². The van der Waals surface area contributed by atoms with Crippen LogP contribution in [0.2, 0.25) is 0 Å². The molecule has 3 atom stereocenters. The molecule has 1 aliphatic heterocycles. The van der Waals surface area contributed by atoms with Crippen molar-refractivity contribution in [2.45, 2.75) is 32.8 Å². The van der Waals surface area contributed by atoms with E-state index >= 15 is 0 Å². The normalized spacial score (nSPS) is 26.4. The number of aliphatic hydroxyl groups is 1. The van der Waals surface area contributed by atoms with E-state index < -0.39 is 12.1 Å². The Kier molecular flexibility index (Phi) is 6.60. The molecule has 106 valence electrons. The van der Waals surface area contributed by atoms with Crippen molar-refractivity contribution in [3.8, 4) is 0 Å². The fourth-order valence-electron chi connectivity index (χ4n) is 2.35. The molecule has 1 saturated heterocycles. The molecule has 1 heterocycles. The lowest BCUT2D eigenvalue weighted by Crippen LogP contribution is -2.34. The van der Waals surface area contributed by atoms with Gasteiger partial charge in [0.1, 0.15) is 0 Å². The van der Waals surface area contributed by atoms with Crippen molar-refractivity contribution in [1.29, 1.82) is 0 Å². The minimum absolute atomic E-state index is 0.149. The number of ether oxygens (including phenoxy) is 1. The molecule has 1 aliphatic rings. The predicted octanol–water partition coefficient (Wildman–Crippen LogP) is 0.816. The van der Waals surface area contributed by atoms with Gasteiger partial charge in [-0.1, -0.05) is 20.3 Å². The van der Waals surface area contributed by atoms with Crippen molar-refractivity contribution in [2.75, 3.05) is 32.8 Å². The van der Waals surface area contributed by atoms with Crippen molar-refractivity contribution in [1.82, 2.24) is 4.90 Å². The fourth-order valence-corrected chi connectivity index (χ4v) is 2.35. The van der Waals surface area contributed by atoms with E-state index in [1.807, 2.05) is 11.8 Å². The Bertz CT molecular complexity index is 259. The number of carboxylic acids is 1. The molecular weight excluding hydrogens is 234 g/mol. The molecule has 1 rings (SSSR count). The first kappa shape index (κ1) is 15.4. The molecule has 0 amide bonds. The number of aliphatic carboxylic acids is 1. The van der Waals surface area contributed by atoms with Gasteiger partial charge in [-0.15, -0.1) is 0 Å². The zero-order chi connectivity index (χ0) is 13.5. The Morgan fingerprint density at radius 2 is 2.22 bits per heavy atom. The Hall–Kier alpha value is -0.650. The van der Waals surface area contributed by atoms with Crippen LogP contribution in [0.25, 0.3) is 0 Å². The van der Waals surface area contributed by atoms with Crippen LogP contribution in [-0.2, 0) is 9.53 Å². The van der Waals surface area contributed by atoms with Crippen molar-refractivity contribution in [2.24, 2.45) is 11.8 Å². The third-order valence-electron chi connectivity index (χ3n) is 3.43. The van der Waals surface area contributed by atoms with E-state index in [2.05, 4.69) is 6.92 Å². The molecule has 2 N–H and O–H groups in total. The standard InChI is InChI=1S/C13H25NO4/c1-3-4-5-18-9-11(15)7-14-6-10(2)12(8-14)13(16)17/h10-12,15H,3-9H2,1-2H3,(H,16,17)/t10-,11?,12-/m1/s1. The van der Waals surface area contributed by atoms with Crippen LogP contribution in [0.4, 0.5) is 0 Å². The number of aliphatic hydroxyl groups excluding tert-OH is 1. The number of likely N-dealkylation sites (tertiary alicyclic amines) is 1. The summed E-state index contributed by atoms with van der Waals surface area (Å²) in [5.41, 5.74) is 0. The van der Waals surface area contributed by atoms with Crippen LogP contribution in [0.1, 0.15) is 26.7 Å². The molecular formula is C13H25NO4. The number of β-amino-alcohol motifs (C(OH)–C–C–N with tert-alkyl or cyclic N) is 1. The van der Waals surface area contributed by atoms with E-state index in [-0.39, 0.29) is 11.8 Å². The van der Waals surface area contributed by atoms with Crippen molar-refractivity contribution in [3.05, 3.63) is 0 Å². The van der Waals surface area contributed by atoms with Crippen molar-refractivity contribution in [3.63, 3.8) is 0 Å². The maximum atomic E-state index is 11.0. The first-order valence-corrected chi connectivity index (χ1v) is 6.75. The van der Waals surface area contributed by atoms with Crippen LogP contribution in [0, 0.1) is 11.8 Å². The molecule has 1 unspecified atom stereocenters. The minimum atomic E-state index is -0.737. The number of carboxylic acid groups (broad SMARTS) is 1. The molecule has 0 aromatic rings. The molecule has 0 aromatic heterocycles. The number of hydrogen-bond donors (Lipinski definition) is 2. The Morgan fingerprint density at radius 3 is 2.78 bits per heavy atom. The second-order valence-electron chi connectivity index (χ2n) is 5.22. The van der Waals surface area contributed by atoms with Gasteiger partial charge >= 0.3 is 5.97 Å². The maximum absolute atomic E-state index is 11.0.